The molecule has 0 bridgehead atoms. The molecule has 0 aliphatic rings. The van der Waals surface area contributed by atoms with Gasteiger partial charge in [0.1, 0.15) is 11.5 Å². The fraction of sp³-hybridized carbons (Fsp3) is 0.583. The number of fused-ring (bicyclic) bond motifs is 1. The van der Waals surface area contributed by atoms with Crippen LogP contribution in [0.3, 0.4) is 0 Å². The van der Waals surface area contributed by atoms with Crippen LogP contribution < -0.4 is 9.47 Å². The lowest BCUT2D eigenvalue weighted by atomic mass is 10.1. The molecule has 1 unspecified atom stereocenters. The lowest BCUT2D eigenvalue weighted by Crippen LogP contribution is -2.02. The van der Waals surface area contributed by atoms with Crippen LogP contribution in [-0.2, 0) is 0 Å². The molecule has 2 aromatic rings. The molecule has 0 aliphatic carbocycles. The van der Waals surface area contributed by atoms with Crippen LogP contribution in [0.2, 0.25) is 0 Å². The predicted molar refractivity (Wildman–Crippen MR) is 121 cm³/mol. The highest BCUT2D eigenvalue weighted by molar-refractivity contribution is 9.09. The van der Waals surface area contributed by atoms with Crippen LogP contribution in [-0.4, -0.2) is 18.0 Å². The average molecular weight is 435 g/mol. The van der Waals surface area contributed by atoms with E-state index in [1.165, 1.54) is 44.1 Å². The smallest absolute Gasteiger partial charge is 0.127 e. The summed E-state index contributed by atoms with van der Waals surface area (Å²) >= 11 is 3.70. The number of ether oxygens (including phenoxy) is 2. The lowest BCUT2D eigenvalue weighted by molar-refractivity contribution is 0.302. The monoisotopic (exact) mass is 434 g/mol. The van der Waals surface area contributed by atoms with Gasteiger partial charge >= 0.3 is 0 Å². The van der Waals surface area contributed by atoms with E-state index < -0.39 is 0 Å². The largest absolute Gasteiger partial charge is 0.493 e. The molecule has 0 amide bonds. The summed E-state index contributed by atoms with van der Waals surface area (Å²) in [6.45, 7) is 8.13. The molecule has 0 spiro atoms. The van der Waals surface area contributed by atoms with E-state index in [0.717, 1.165) is 48.3 Å². The van der Waals surface area contributed by atoms with Crippen LogP contribution in [0.1, 0.15) is 70.8 Å². The van der Waals surface area contributed by atoms with Crippen molar-refractivity contribution in [3.8, 4) is 11.5 Å². The third kappa shape index (κ3) is 7.37. The Morgan fingerprint density at radius 2 is 1.48 bits per heavy atom. The van der Waals surface area contributed by atoms with Gasteiger partial charge in [0.25, 0.3) is 0 Å². The zero-order chi connectivity index (χ0) is 19.5. The summed E-state index contributed by atoms with van der Waals surface area (Å²) in [6, 6.07) is 10.7. The first-order valence-corrected chi connectivity index (χ1v) is 11.5. The van der Waals surface area contributed by atoms with Crippen molar-refractivity contribution in [2.75, 3.05) is 13.2 Å². The molecule has 0 radical (unpaired) electrons. The van der Waals surface area contributed by atoms with E-state index in [1.54, 1.807) is 0 Å². The fourth-order valence-corrected chi connectivity index (χ4v) is 3.55. The highest BCUT2D eigenvalue weighted by Gasteiger charge is 2.09. The van der Waals surface area contributed by atoms with Crippen LogP contribution in [0, 0.1) is 6.92 Å². The topological polar surface area (TPSA) is 18.5 Å². The number of rotatable bonds is 13. The molecule has 1 atom stereocenters. The summed E-state index contributed by atoms with van der Waals surface area (Å²) in [5.41, 5.74) is 1.25. The minimum absolute atomic E-state index is 0.634. The number of hydrogen-bond donors (Lipinski definition) is 0. The molecule has 27 heavy (non-hydrogen) atoms. The summed E-state index contributed by atoms with van der Waals surface area (Å²) in [5.74, 6) is 1.94. The van der Waals surface area contributed by atoms with Crippen molar-refractivity contribution in [1.82, 2.24) is 0 Å². The van der Waals surface area contributed by atoms with Crippen LogP contribution in [0.5, 0.6) is 11.5 Å². The number of alkyl halides is 1. The van der Waals surface area contributed by atoms with Gasteiger partial charge in [-0.2, -0.15) is 0 Å². The Hall–Kier alpha value is -1.22. The van der Waals surface area contributed by atoms with Crippen molar-refractivity contribution in [1.29, 1.82) is 0 Å². The van der Waals surface area contributed by atoms with Crippen molar-refractivity contribution >= 4 is 26.7 Å². The number of halogens is 1. The molecule has 3 heteroatoms. The molecule has 2 rings (SSSR count). The molecular weight excluding hydrogens is 400 g/mol. The quantitative estimate of drug-likeness (QED) is 0.236. The predicted octanol–water partition coefficient (Wildman–Crippen LogP) is 7.83. The normalized spacial score (nSPS) is 12.3. The number of unbranched alkanes of at least 4 members (excludes halogenated alkanes) is 4. The maximum atomic E-state index is 6.13. The van der Waals surface area contributed by atoms with Crippen molar-refractivity contribution in [2.45, 2.75) is 77.0 Å². The van der Waals surface area contributed by atoms with Gasteiger partial charge in [-0.05, 0) is 57.2 Å². The minimum atomic E-state index is 0.634. The SMILES string of the molecule is CCCCCCOc1ccc(OCCCCC(Br)CC)c2cc(C)ccc12. The second-order valence-corrected chi connectivity index (χ2v) is 8.66. The highest BCUT2D eigenvalue weighted by Crippen LogP contribution is 2.34. The van der Waals surface area contributed by atoms with Gasteiger partial charge in [0.15, 0.2) is 0 Å². The lowest BCUT2D eigenvalue weighted by Gasteiger charge is -2.14. The molecular formula is C24H35BrO2. The molecule has 0 fully saturated rings. The highest BCUT2D eigenvalue weighted by atomic mass is 79.9. The van der Waals surface area contributed by atoms with Crippen molar-refractivity contribution in [3.05, 3.63) is 35.9 Å². The number of hydrogen-bond acceptors (Lipinski definition) is 2. The summed E-state index contributed by atoms with van der Waals surface area (Å²) < 4.78 is 12.2. The van der Waals surface area contributed by atoms with E-state index in [0.29, 0.717) is 4.83 Å². The third-order valence-electron chi connectivity index (χ3n) is 4.96. The maximum absolute atomic E-state index is 6.13. The molecule has 0 aromatic heterocycles. The van der Waals surface area contributed by atoms with Gasteiger partial charge in [0.2, 0.25) is 0 Å². The van der Waals surface area contributed by atoms with E-state index in [1.807, 2.05) is 0 Å². The van der Waals surface area contributed by atoms with E-state index >= 15 is 0 Å². The van der Waals surface area contributed by atoms with Crippen LogP contribution in [0.15, 0.2) is 30.3 Å². The Bertz CT molecular complexity index is 683. The summed E-state index contributed by atoms with van der Waals surface area (Å²) in [7, 11) is 0. The fourth-order valence-electron chi connectivity index (χ4n) is 3.22. The van der Waals surface area contributed by atoms with Gasteiger partial charge in [-0.1, -0.05) is 66.7 Å². The van der Waals surface area contributed by atoms with Gasteiger partial charge in [0, 0.05) is 15.6 Å². The van der Waals surface area contributed by atoms with E-state index in [9.17, 15) is 0 Å². The summed E-state index contributed by atoms with van der Waals surface area (Å²) in [5, 5.41) is 2.31. The second-order valence-electron chi connectivity index (χ2n) is 7.37. The molecule has 0 aliphatic heterocycles. The van der Waals surface area contributed by atoms with E-state index in [2.05, 4.69) is 67.0 Å². The first kappa shape index (κ1) is 22.1. The second kappa shape index (κ2) is 12.3. The Balaban J connectivity index is 1.98. The van der Waals surface area contributed by atoms with Gasteiger partial charge < -0.3 is 9.47 Å². The molecule has 0 saturated heterocycles. The van der Waals surface area contributed by atoms with Gasteiger partial charge in [-0.15, -0.1) is 0 Å². The zero-order valence-corrected chi connectivity index (χ0v) is 18.8. The molecule has 0 heterocycles. The van der Waals surface area contributed by atoms with Crippen molar-refractivity contribution < 1.29 is 9.47 Å². The molecule has 0 saturated carbocycles. The standard InChI is InChI=1S/C24H35BrO2/c1-4-6-7-9-16-26-23-14-15-24(22-18-19(3)12-13-21(22)23)27-17-10-8-11-20(25)5-2/h12-15,18,20H,4-11,16-17H2,1-3H3. The van der Waals surface area contributed by atoms with Crippen LogP contribution in [0.4, 0.5) is 0 Å². The van der Waals surface area contributed by atoms with Gasteiger partial charge in [0.05, 0.1) is 13.2 Å². The molecule has 2 aromatic carbocycles. The van der Waals surface area contributed by atoms with Crippen LogP contribution in [0.25, 0.3) is 10.8 Å². The van der Waals surface area contributed by atoms with Gasteiger partial charge in [-0.3, -0.25) is 0 Å². The molecule has 0 N–H and O–H groups in total. The maximum Gasteiger partial charge on any atom is 0.127 e. The first-order chi connectivity index (χ1) is 13.2. The number of benzene rings is 2. The number of aryl methyl sites for hydroxylation is 1. The zero-order valence-electron chi connectivity index (χ0n) is 17.2. The average Bonchev–Trinajstić information content (AvgIpc) is 2.68. The molecule has 2 nitrogen and oxygen atoms in total. The first-order valence-electron chi connectivity index (χ1n) is 10.6. The third-order valence-corrected chi connectivity index (χ3v) is 6.07. The van der Waals surface area contributed by atoms with Crippen molar-refractivity contribution in [3.63, 3.8) is 0 Å². The van der Waals surface area contributed by atoms with Gasteiger partial charge in [-0.25, -0.2) is 0 Å². The molecule has 150 valence electrons. The van der Waals surface area contributed by atoms with E-state index in [4.69, 9.17) is 9.47 Å². The van der Waals surface area contributed by atoms with E-state index in [-0.39, 0.29) is 0 Å². The Morgan fingerprint density at radius 3 is 2.15 bits per heavy atom. The summed E-state index contributed by atoms with van der Waals surface area (Å²) in [4.78, 5) is 0.634. The Labute approximate surface area is 173 Å². The summed E-state index contributed by atoms with van der Waals surface area (Å²) in [6.07, 6.45) is 9.57. The Kier molecular flexibility index (Phi) is 10.0. The van der Waals surface area contributed by atoms with Crippen LogP contribution >= 0.6 is 15.9 Å². The Morgan fingerprint density at radius 1 is 0.815 bits per heavy atom. The minimum Gasteiger partial charge on any atom is -0.493 e. The van der Waals surface area contributed by atoms with Crippen molar-refractivity contribution in [2.24, 2.45) is 0 Å².